The van der Waals surface area contributed by atoms with Crippen molar-refractivity contribution in [2.45, 2.75) is 69.6 Å². The SMILES string of the molecule is CC1/C=C/C(O)C2CCC2CN2CC3(CCCc4cc(Cl)ccc43)COc3ccc(cc32)C(=O)NS(=O)(=O)C(C)C1C. The highest BCUT2D eigenvalue weighted by Crippen LogP contribution is 2.46. The molecular weight excluding hydrogens is 572 g/mol. The number of hydrogen-bond acceptors (Lipinski definition) is 6. The Balaban J connectivity index is 1.43. The second kappa shape index (κ2) is 11.2. The van der Waals surface area contributed by atoms with E-state index in [9.17, 15) is 18.3 Å². The number of amides is 1. The van der Waals surface area contributed by atoms with E-state index in [-0.39, 0.29) is 34.7 Å². The van der Waals surface area contributed by atoms with Crippen LogP contribution in [0.15, 0.2) is 48.6 Å². The zero-order valence-electron chi connectivity index (χ0n) is 24.6. The number of aliphatic hydroxyl groups excluding tert-OH is 1. The number of rotatable bonds is 0. The monoisotopic (exact) mass is 612 g/mol. The first kappa shape index (κ1) is 29.5. The van der Waals surface area contributed by atoms with Crippen LogP contribution < -0.4 is 14.4 Å². The molecule has 2 aliphatic carbocycles. The van der Waals surface area contributed by atoms with E-state index in [2.05, 4.69) is 21.8 Å². The summed E-state index contributed by atoms with van der Waals surface area (Å²) in [5.74, 6) is 0.0790. The second-order valence-electron chi connectivity index (χ2n) is 13.1. The van der Waals surface area contributed by atoms with Gasteiger partial charge in [0.05, 0.1) is 23.6 Å². The summed E-state index contributed by atoms with van der Waals surface area (Å²) in [7, 11) is -3.94. The van der Waals surface area contributed by atoms with Crippen LogP contribution in [-0.4, -0.2) is 50.5 Å². The van der Waals surface area contributed by atoms with Crippen molar-refractivity contribution in [2.75, 3.05) is 24.6 Å². The van der Waals surface area contributed by atoms with Crippen molar-refractivity contribution in [3.63, 3.8) is 0 Å². The number of allylic oxidation sites excluding steroid dienone is 1. The molecule has 2 aromatic carbocycles. The average Bonchev–Trinajstić information content (AvgIpc) is 3.09. The molecule has 226 valence electrons. The summed E-state index contributed by atoms with van der Waals surface area (Å²) in [6, 6.07) is 11.4. The molecule has 1 fully saturated rings. The number of aliphatic hydroxyl groups is 1. The molecule has 2 aliphatic heterocycles. The maximum absolute atomic E-state index is 13.4. The number of anilines is 1. The molecule has 7 nitrogen and oxygen atoms in total. The van der Waals surface area contributed by atoms with Gasteiger partial charge in [0.2, 0.25) is 10.0 Å². The molecule has 1 saturated carbocycles. The Hall–Kier alpha value is -2.55. The molecule has 2 aromatic rings. The lowest BCUT2D eigenvalue weighted by Crippen LogP contribution is -2.49. The van der Waals surface area contributed by atoms with Gasteiger partial charge in [0.1, 0.15) is 5.75 Å². The highest BCUT2D eigenvalue weighted by atomic mass is 35.5. The van der Waals surface area contributed by atoms with Crippen molar-refractivity contribution in [1.82, 2.24) is 4.72 Å². The van der Waals surface area contributed by atoms with Gasteiger partial charge in [-0.05, 0) is 104 Å². The van der Waals surface area contributed by atoms with Crippen LogP contribution in [-0.2, 0) is 21.9 Å². The first-order chi connectivity index (χ1) is 20.0. The number of fused-ring (bicyclic) bond motifs is 4. The maximum atomic E-state index is 13.4. The normalized spacial score (nSPS) is 35.1. The number of ether oxygens (including phenoxy) is 1. The Kier molecular flexibility index (Phi) is 7.86. The van der Waals surface area contributed by atoms with E-state index in [1.54, 1.807) is 25.1 Å². The first-order valence-electron chi connectivity index (χ1n) is 15.2. The van der Waals surface area contributed by atoms with Gasteiger partial charge in [0.25, 0.3) is 5.91 Å². The standard InChI is InChI=1S/C33H41ClN2O5S/c1-20-6-12-30(37)27-10-7-25(27)17-36-18-33(14-4-5-23-15-26(34)9-11-28(23)33)19-41-31-13-8-24(16-29(31)36)32(38)35-42(39,40)22(3)21(20)2/h6,8-9,11-13,15-16,20-22,25,27,30,37H,4-5,7,10,14,17-19H2,1-3H3,(H,35,38)/b12-6+. The predicted octanol–water partition coefficient (Wildman–Crippen LogP) is 5.49. The van der Waals surface area contributed by atoms with Crippen molar-refractivity contribution >= 4 is 33.2 Å². The van der Waals surface area contributed by atoms with Gasteiger partial charge >= 0.3 is 0 Å². The number of carbonyl (C=O) groups excluding carboxylic acids is 1. The third-order valence-electron chi connectivity index (χ3n) is 10.6. The second-order valence-corrected chi connectivity index (χ2v) is 15.5. The summed E-state index contributed by atoms with van der Waals surface area (Å²) in [6.45, 7) is 7.36. The third-order valence-corrected chi connectivity index (χ3v) is 12.7. The van der Waals surface area contributed by atoms with Gasteiger partial charge in [-0.15, -0.1) is 0 Å². The van der Waals surface area contributed by atoms with Gasteiger partial charge in [-0.1, -0.05) is 43.7 Å². The van der Waals surface area contributed by atoms with Crippen molar-refractivity contribution < 1.29 is 23.1 Å². The van der Waals surface area contributed by atoms with Crippen molar-refractivity contribution in [1.29, 1.82) is 0 Å². The number of carbonyl (C=O) groups is 1. The highest BCUT2D eigenvalue weighted by molar-refractivity contribution is 7.90. The molecule has 9 heteroatoms. The molecule has 6 rings (SSSR count). The van der Waals surface area contributed by atoms with Crippen molar-refractivity contribution in [3.8, 4) is 5.75 Å². The van der Waals surface area contributed by atoms with Crippen LogP contribution in [0.2, 0.25) is 5.02 Å². The third kappa shape index (κ3) is 5.35. The van der Waals surface area contributed by atoms with Gasteiger partial charge < -0.3 is 14.7 Å². The summed E-state index contributed by atoms with van der Waals surface area (Å²) in [5.41, 5.74) is 3.32. The van der Waals surface area contributed by atoms with E-state index in [0.29, 0.717) is 25.4 Å². The van der Waals surface area contributed by atoms with Crippen LogP contribution in [0.25, 0.3) is 0 Å². The topological polar surface area (TPSA) is 95.9 Å². The number of hydrogen-bond donors (Lipinski definition) is 2. The Morgan fingerprint density at radius 3 is 2.67 bits per heavy atom. The van der Waals surface area contributed by atoms with Crippen LogP contribution in [0, 0.1) is 23.7 Å². The largest absolute Gasteiger partial charge is 0.490 e. The minimum Gasteiger partial charge on any atom is -0.490 e. The average molecular weight is 613 g/mol. The Morgan fingerprint density at radius 2 is 1.90 bits per heavy atom. The van der Waals surface area contributed by atoms with Crippen LogP contribution in [0.5, 0.6) is 5.75 Å². The molecular formula is C33H41ClN2O5S. The number of aryl methyl sites for hydroxylation is 1. The number of benzene rings is 2. The van der Waals surface area contributed by atoms with Crippen molar-refractivity contribution in [3.05, 3.63) is 70.3 Å². The maximum Gasteiger partial charge on any atom is 0.264 e. The molecule has 0 aromatic heterocycles. The van der Waals surface area contributed by atoms with E-state index in [4.69, 9.17) is 16.3 Å². The Bertz CT molecular complexity index is 1510. The molecule has 1 amide bonds. The van der Waals surface area contributed by atoms with E-state index >= 15 is 0 Å². The van der Waals surface area contributed by atoms with Crippen LogP contribution in [0.4, 0.5) is 5.69 Å². The summed E-state index contributed by atoms with van der Waals surface area (Å²) < 4.78 is 35.4. The molecule has 7 atom stereocenters. The summed E-state index contributed by atoms with van der Waals surface area (Å²) in [4.78, 5) is 15.7. The number of nitrogens with zero attached hydrogens (tertiary/aromatic N) is 1. The zero-order chi connectivity index (χ0) is 29.8. The Morgan fingerprint density at radius 1 is 1.10 bits per heavy atom. The molecule has 7 unspecified atom stereocenters. The smallest absolute Gasteiger partial charge is 0.264 e. The first-order valence-corrected chi connectivity index (χ1v) is 17.1. The molecule has 2 heterocycles. The molecule has 2 bridgehead atoms. The quantitative estimate of drug-likeness (QED) is 0.382. The number of halogens is 1. The molecule has 1 spiro atoms. The summed E-state index contributed by atoms with van der Waals surface area (Å²) in [6.07, 6.45) is 8.11. The van der Waals surface area contributed by atoms with Gasteiger partial charge in [0.15, 0.2) is 0 Å². The molecule has 42 heavy (non-hydrogen) atoms. The van der Waals surface area contributed by atoms with Gasteiger partial charge in [-0.3, -0.25) is 4.79 Å². The van der Waals surface area contributed by atoms with E-state index in [0.717, 1.165) is 42.8 Å². The molecule has 0 radical (unpaired) electrons. The summed E-state index contributed by atoms with van der Waals surface area (Å²) in [5, 5.41) is 11.1. The van der Waals surface area contributed by atoms with E-state index in [1.165, 1.54) is 11.1 Å². The minimum absolute atomic E-state index is 0.0962. The van der Waals surface area contributed by atoms with Gasteiger partial charge in [-0.2, -0.15) is 0 Å². The lowest BCUT2D eigenvalue weighted by molar-refractivity contribution is 0.0454. The van der Waals surface area contributed by atoms with E-state index < -0.39 is 27.3 Å². The fourth-order valence-corrected chi connectivity index (χ4v) is 8.98. The van der Waals surface area contributed by atoms with Crippen LogP contribution in [0.3, 0.4) is 0 Å². The van der Waals surface area contributed by atoms with Crippen LogP contribution in [0.1, 0.15) is 67.9 Å². The molecule has 2 N–H and O–H groups in total. The fraction of sp³-hybridized carbons (Fsp3) is 0.545. The number of sulfonamides is 1. The van der Waals surface area contributed by atoms with Crippen LogP contribution >= 0.6 is 11.6 Å². The zero-order valence-corrected chi connectivity index (χ0v) is 26.1. The lowest BCUT2D eigenvalue weighted by Gasteiger charge is -2.45. The van der Waals surface area contributed by atoms with Gasteiger partial charge in [-0.25, -0.2) is 13.1 Å². The van der Waals surface area contributed by atoms with Gasteiger partial charge in [0, 0.05) is 29.1 Å². The van der Waals surface area contributed by atoms with Crippen molar-refractivity contribution in [2.24, 2.45) is 23.7 Å². The molecule has 4 aliphatic rings. The number of nitrogens with one attached hydrogen (secondary N) is 1. The predicted molar refractivity (Wildman–Crippen MR) is 166 cm³/mol. The lowest BCUT2D eigenvalue weighted by atomic mass is 9.68. The van der Waals surface area contributed by atoms with E-state index in [1.807, 2.05) is 32.1 Å². The molecule has 0 saturated heterocycles. The minimum atomic E-state index is -3.94. The summed E-state index contributed by atoms with van der Waals surface area (Å²) >= 11 is 6.39. The fourth-order valence-electron chi connectivity index (χ4n) is 7.41. The highest BCUT2D eigenvalue weighted by Gasteiger charge is 2.44. The Labute approximate surface area is 254 Å².